The molecule has 8 heteroatoms. The number of nitrogens with one attached hydrogen (secondary N) is 1. The van der Waals surface area contributed by atoms with Crippen LogP contribution in [0.4, 0.5) is 5.95 Å². The molecule has 1 saturated carbocycles. The van der Waals surface area contributed by atoms with E-state index in [-0.39, 0.29) is 0 Å². The van der Waals surface area contributed by atoms with Crippen molar-refractivity contribution in [1.82, 2.24) is 34.4 Å². The number of likely N-dealkylation sites (N-methyl/N-ethyl adjacent to an activating group) is 1. The minimum absolute atomic E-state index is 0.687. The van der Waals surface area contributed by atoms with Crippen LogP contribution >= 0.6 is 0 Å². The molecular formula is C26H32N8. The van der Waals surface area contributed by atoms with Crippen LogP contribution in [0.1, 0.15) is 25.7 Å². The number of pyridine rings is 2. The molecule has 4 aromatic heterocycles. The van der Waals surface area contributed by atoms with E-state index in [9.17, 15) is 0 Å². The Morgan fingerprint density at radius 1 is 0.941 bits per heavy atom. The molecule has 0 amide bonds. The lowest BCUT2D eigenvalue weighted by atomic mass is 9.85. The molecule has 2 fully saturated rings. The first-order valence-corrected chi connectivity index (χ1v) is 12.5. The average Bonchev–Trinajstić information content (AvgIpc) is 3.31. The van der Waals surface area contributed by atoms with Gasteiger partial charge >= 0.3 is 0 Å². The van der Waals surface area contributed by atoms with Crippen LogP contribution in [0.2, 0.25) is 0 Å². The van der Waals surface area contributed by atoms with Gasteiger partial charge in [-0.3, -0.25) is 9.88 Å². The summed E-state index contributed by atoms with van der Waals surface area (Å²) < 4.78 is 1.89. The maximum atomic E-state index is 4.78. The number of rotatable bonds is 5. The number of anilines is 1. The van der Waals surface area contributed by atoms with Gasteiger partial charge in [-0.25, -0.2) is 14.5 Å². The minimum atomic E-state index is 0.687. The maximum absolute atomic E-state index is 4.78. The fourth-order valence-corrected chi connectivity index (χ4v) is 5.44. The lowest BCUT2D eigenvalue weighted by Gasteiger charge is -2.41. The number of piperazine rings is 1. The van der Waals surface area contributed by atoms with E-state index in [1.165, 1.54) is 51.9 Å². The molecular weight excluding hydrogens is 424 g/mol. The zero-order valence-electron chi connectivity index (χ0n) is 19.8. The van der Waals surface area contributed by atoms with Crippen LogP contribution < -0.4 is 5.32 Å². The first-order valence-electron chi connectivity index (χ1n) is 12.5. The number of hydrogen-bond acceptors (Lipinski definition) is 7. The van der Waals surface area contributed by atoms with Crippen molar-refractivity contribution in [3.8, 4) is 11.3 Å². The molecule has 176 valence electrons. The van der Waals surface area contributed by atoms with Gasteiger partial charge in [-0.05, 0) is 69.0 Å². The van der Waals surface area contributed by atoms with E-state index < -0.39 is 0 Å². The van der Waals surface area contributed by atoms with Crippen molar-refractivity contribution in [3.05, 3.63) is 48.9 Å². The zero-order chi connectivity index (χ0) is 22.9. The third-order valence-electron chi connectivity index (χ3n) is 7.57. The monoisotopic (exact) mass is 456 g/mol. The summed E-state index contributed by atoms with van der Waals surface area (Å²) in [5.41, 5.74) is 4.67. The summed E-state index contributed by atoms with van der Waals surface area (Å²) in [5, 5.41) is 8.20. The average molecular weight is 457 g/mol. The van der Waals surface area contributed by atoms with Crippen LogP contribution in [0, 0.1) is 5.92 Å². The SMILES string of the molecule is CN1CCN(C2CCC(CNc3ncc4c(-c5ccc6ncccc6n5)ccn4n3)CC2)CC1. The van der Waals surface area contributed by atoms with Crippen molar-refractivity contribution in [2.45, 2.75) is 31.7 Å². The van der Waals surface area contributed by atoms with Gasteiger partial charge in [-0.2, -0.15) is 0 Å². The highest BCUT2D eigenvalue weighted by atomic mass is 15.3. The zero-order valence-corrected chi connectivity index (χ0v) is 19.8. The van der Waals surface area contributed by atoms with E-state index in [0.29, 0.717) is 11.9 Å². The van der Waals surface area contributed by atoms with Gasteiger partial charge in [-0.15, -0.1) is 5.10 Å². The molecule has 34 heavy (non-hydrogen) atoms. The Balaban J connectivity index is 1.08. The van der Waals surface area contributed by atoms with Crippen LogP contribution in [0.3, 0.4) is 0 Å². The first-order chi connectivity index (χ1) is 16.7. The highest BCUT2D eigenvalue weighted by Gasteiger charge is 2.27. The number of fused-ring (bicyclic) bond motifs is 2. The Morgan fingerprint density at radius 2 is 1.79 bits per heavy atom. The molecule has 0 spiro atoms. The second-order valence-corrected chi connectivity index (χ2v) is 9.77. The highest BCUT2D eigenvalue weighted by molar-refractivity contribution is 5.83. The van der Waals surface area contributed by atoms with Crippen molar-refractivity contribution in [2.75, 3.05) is 45.1 Å². The molecule has 0 radical (unpaired) electrons. The van der Waals surface area contributed by atoms with Gasteiger partial charge < -0.3 is 10.2 Å². The van der Waals surface area contributed by atoms with Gasteiger partial charge in [0.25, 0.3) is 0 Å². The third kappa shape index (κ3) is 4.35. The Morgan fingerprint density at radius 3 is 2.65 bits per heavy atom. The van der Waals surface area contributed by atoms with E-state index in [4.69, 9.17) is 10.1 Å². The fraction of sp³-hybridized carbons (Fsp3) is 0.462. The normalized spacial score (nSPS) is 22.4. The molecule has 0 atom stereocenters. The van der Waals surface area contributed by atoms with E-state index in [2.05, 4.69) is 38.2 Å². The summed E-state index contributed by atoms with van der Waals surface area (Å²) in [6.45, 7) is 5.80. The maximum Gasteiger partial charge on any atom is 0.241 e. The van der Waals surface area contributed by atoms with Gasteiger partial charge in [-0.1, -0.05) is 0 Å². The van der Waals surface area contributed by atoms with Crippen molar-refractivity contribution in [1.29, 1.82) is 0 Å². The van der Waals surface area contributed by atoms with Crippen molar-refractivity contribution in [2.24, 2.45) is 5.92 Å². The molecule has 0 unspecified atom stereocenters. The van der Waals surface area contributed by atoms with Gasteiger partial charge in [0.2, 0.25) is 5.95 Å². The smallest absolute Gasteiger partial charge is 0.241 e. The molecule has 1 aliphatic heterocycles. The lowest BCUT2D eigenvalue weighted by Crippen LogP contribution is -2.50. The first kappa shape index (κ1) is 21.4. The van der Waals surface area contributed by atoms with Crippen LogP contribution in [-0.2, 0) is 0 Å². The summed E-state index contributed by atoms with van der Waals surface area (Å²) in [6, 6.07) is 10.7. The molecule has 8 nitrogen and oxygen atoms in total. The highest BCUT2D eigenvalue weighted by Crippen LogP contribution is 2.29. The Hall–Kier alpha value is -3.10. The van der Waals surface area contributed by atoms with Gasteiger partial charge in [0.15, 0.2) is 0 Å². The number of nitrogens with zero attached hydrogens (tertiary/aromatic N) is 7. The molecule has 1 saturated heterocycles. The molecule has 6 rings (SSSR count). The Labute approximate surface area is 200 Å². The largest absolute Gasteiger partial charge is 0.353 e. The summed E-state index contributed by atoms with van der Waals surface area (Å²) in [7, 11) is 2.23. The third-order valence-corrected chi connectivity index (χ3v) is 7.57. The summed E-state index contributed by atoms with van der Waals surface area (Å²) in [6.07, 6.45) is 10.8. The van der Waals surface area contributed by atoms with E-state index in [1.807, 2.05) is 41.2 Å². The predicted molar refractivity (Wildman–Crippen MR) is 135 cm³/mol. The van der Waals surface area contributed by atoms with Gasteiger partial charge in [0.05, 0.1) is 28.4 Å². The van der Waals surface area contributed by atoms with Crippen LogP contribution in [-0.4, -0.2) is 80.2 Å². The quantitative estimate of drug-likeness (QED) is 0.492. The second kappa shape index (κ2) is 9.27. The van der Waals surface area contributed by atoms with Crippen molar-refractivity contribution in [3.63, 3.8) is 0 Å². The van der Waals surface area contributed by atoms with E-state index >= 15 is 0 Å². The van der Waals surface area contributed by atoms with Crippen LogP contribution in [0.15, 0.2) is 48.9 Å². The van der Waals surface area contributed by atoms with Crippen molar-refractivity contribution >= 4 is 22.5 Å². The molecule has 4 aromatic rings. The fourth-order valence-electron chi connectivity index (χ4n) is 5.44. The van der Waals surface area contributed by atoms with Gasteiger partial charge in [0.1, 0.15) is 0 Å². The van der Waals surface area contributed by atoms with Crippen molar-refractivity contribution < 1.29 is 0 Å². The summed E-state index contributed by atoms with van der Waals surface area (Å²) >= 11 is 0. The topological polar surface area (TPSA) is 74.5 Å². The van der Waals surface area contributed by atoms with E-state index in [1.54, 1.807) is 6.20 Å². The minimum Gasteiger partial charge on any atom is -0.353 e. The van der Waals surface area contributed by atoms with Gasteiger partial charge in [0, 0.05) is 56.7 Å². The Kier molecular flexibility index (Phi) is 5.84. The molecule has 0 bridgehead atoms. The van der Waals surface area contributed by atoms with Crippen LogP contribution in [0.25, 0.3) is 27.8 Å². The standard InChI is InChI=1S/C26H32N8/c1-32-13-15-33(16-14-32)20-6-4-19(5-7-20)17-28-26-29-18-25-21(10-12-34(25)31-26)22-8-9-23-24(30-22)3-2-11-27-23/h2-3,8-12,18-20H,4-7,13-17H2,1H3,(H,28,31). The molecule has 0 aromatic carbocycles. The molecule has 1 aliphatic carbocycles. The number of hydrogen-bond donors (Lipinski definition) is 1. The predicted octanol–water partition coefficient (Wildman–Crippen LogP) is 3.56. The summed E-state index contributed by atoms with van der Waals surface area (Å²) in [4.78, 5) is 18.9. The number of aromatic nitrogens is 5. The second-order valence-electron chi connectivity index (χ2n) is 9.77. The van der Waals surface area contributed by atoms with E-state index in [0.717, 1.165) is 40.4 Å². The van der Waals surface area contributed by atoms with Crippen LogP contribution in [0.5, 0.6) is 0 Å². The molecule has 1 N–H and O–H groups in total. The Bertz CT molecular complexity index is 1270. The lowest BCUT2D eigenvalue weighted by molar-refractivity contribution is 0.0825. The summed E-state index contributed by atoms with van der Waals surface area (Å²) in [5.74, 6) is 1.38. The molecule has 2 aliphatic rings. The molecule has 5 heterocycles.